The molecule has 0 unspecified atom stereocenters. The van der Waals surface area contributed by atoms with Crippen LogP contribution in [-0.2, 0) is 6.42 Å². The Morgan fingerprint density at radius 2 is 1.71 bits per heavy atom. The van der Waals surface area contributed by atoms with Gasteiger partial charge in [0.2, 0.25) is 0 Å². The number of fused-ring (bicyclic) bond motifs is 1. The molecule has 90 valence electrons. The Labute approximate surface area is 101 Å². The van der Waals surface area contributed by atoms with E-state index in [9.17, 15) is 0 Å². The number of aryl methyl sites for hydroxylation is 2. The van der Waals surface area contributed by atoms with Gasteiger partial charge < -0.3 is 9.47 Å². The van der Waals surface area contributed by atoms with Gasteiger partial charge in [0.1, 0.15) is 0 Å². The Balaban J connectivity index is 2.73. The summed E-state index contributed by atoms with van der Waals surface area (Å²) in [6.07, 6.45) is 0.936. The van der Waals surface area contributed by atoms with Crippen LogP contribution in [0, 0.1) is 6.92 Å². The average molecular weight is 231 g/mol. The summed E-state index contributed by atoms with van der Waals surface area (Å²) in [5.74, 6) is 1.50. The molecule has 17 heavy (non-hydrogen) atoms. The number of pyridine rings is 1. The van der Waals surface area contributed by atoms with Crippen molar-refractivity contribution < 1.29 is 9.47 Å². The van der Waals surface area contributed by atoms with Gasteiger partial charge in [-0.25, -0.2) is 0 Å². The van der Waals surface area contributed by atoms with Gasteiger partial charge in [0.25, 0.3) is 0 Å². The first-order chi connectivity index (χ1) is 8.19. The van der Waals surface area contributed by atoms with Crippen LogP contribution in [0.5, 0.6) is 11.5 Å². The molecule has 0 fully saturated rings. The van der Waals surface area contributed by atoms with Gasteiger partial charge >= 0.3 is 0 Å². The van der Waals surface area contributed by atoms with Crippen LogP contribution in [0.3, 0.4) is 0 Å². The molecule has 0 aliphatic heterocycles. The van der Waals surface area contributed by atoms with E-state index in [-0.39, 0.29) is 0 Å². The smallest absolute Gasteiger partial charge is 0.161 e. The first kappa shape index (κ1) is 11.7. The van der Waals surface area contributed by atoms with E-state index < -0.39 is 0 Å². The third-order valence-corrected chi connectivity index (χ3v) is 2.94. The molecule has 0 aliphatic rings. The summed E-state index contributed by atoms with van der Waals surface area (Å²) in [5.41, 5.74) is 2.13. The predicted molar refractivity (Wildman–Crippen MR) is 69.0 cm³/mol. The van der Waals surface area contributed by atoms with Crippen LogP contribution in [-0.4, -0.2) is 19.2 Å². The molecule has 0 bridgehead atoms. The van der Waals surface area contributed by atoms with Crippen LogP contribution in [0.2, 0.25) is 0 Å². The molecule has 1 aromatic heterocycles. The number of ether oxygens (including phenoxy) is 2. The summed E-state index contributed by atoms with van der Waals surface area (Å²) >= 11 is 0. The van der Waals surface area contributed by atoms with Gasteiger partial charge in [-0.1, -0.05) is 6.92 Å². The van der Waals surface area contributed by atoms with E-state index in [1.54, 1.807) is 14.2 Å². The highest BCUT2D eigenvalue weighted by Gasteiger charge is 2.09. The van der Waals surface area contributed by atoms with E-state index in [4.69, 9.17) is 9.47 Å². The number of aromatic nitrogens is 1. The van der Waals surface area contributed by atoms with E-state index in [0.717, 1.165) is 40.1 Å². The molecule has 0 atom stereocenters. The summed E-state index contributed by atoms with van der Waals surface area (Å²) in [5, 5.41) is 2.26. The fraction of sp³-hybridized carbons (Fsp3) is 0.357. The maximum atomic E-state index is 5.31. The lowest BCUT2D eigenvalue weighted by Gasteiger charge is -2.11. The van der Waals surface area contributed by atoms with Gasteiger partial charge in [-0.15, -0.1) is 0 Å². The van der Waals surface area contributed by atoms with Crippen molar-refractivity contribution >= 4 is 10.8 Å². The molecule has 0 saturated carbocycles. The van der Waals surface area contributed by atoms with Gasteiger partial charge in [0.05, 0.1) is 14.2 Å². The molecule has 3 heteroatoms. The second-order valence-corrected chi connectivity index (χ2v) is 3.98. The number of benzene rings is 1. The van der Waals surface area contributed by atoms with Crippen molar-refractivity contribution in [3.8, 4) is 11.5 Å². The molecule has 3 nitrogen and oxygen atoms in total. The largest absolute Gasteiger partial charge is 0.493 e. The van der Waals surface area contributed by atoms with E-state index in [2.05, 4.69) is 18.0 Å². The standard InChI is InChI=1S/C14H17NO2/c1-5-11-6-10-7-13(16-3)14(17-4)8-12(10)9(2)15-11/h6-8H,5H2,1-4H3. The van der Waals surface area contributed by atoms with Crippen LogP contribution in [0.1, 0.15) is 18.3 Å². The van der Waals surface area contributed by atoms with E-state index in [1.165, 1.54) is 0 Å². The van der Waals surface area contributed by atoms with Gasteiger partial charge in [0, 0.05) is 16.8 Å². The highest BCUT2D eigenvalue weighted by molar-refractivity contribution is 5.88. The quantitative estimate of drug-likeness (QED) is 0.813. The molecular formula is C14H17NO2. The third kappa shape index (κ3) is 2.05. The molecule has 0 spiro atoms. The lowest BCUT2D eigenvalue weighted by molar-refractivity contribution is 0.356. The van der Waals surface area contributed by atoms with Crippen LogP contribution in [0.15, 0.2) is 18.2 Å². The minimum Gasteiger partial charge on any atom is -0.493 e. The van der Waals surface area contributed by atoms with Crippen molar-refractivity contribution in [1.29, 1.82) is 0 Å². The lowest BCUT2D eigenvalue weighted by atomic mass is 10.1. The summed E-state index contributed by atoms with van der Waals surface area (Å²) in [6.45, 7) is 4.13. The van der Waals surface area contributed by atoms with E-state index in [1.807, 2.05) is 19.1 Å². The third-order valence-electron chi connectivity index (χ3n) is 2.94. The zero-order valence-corrected chi connectivity index (χ0v) is 10.7. The van der Waals surface area contributed by atoms with Crippen molar-refractivity contribution in [1.82, 2.24) is 4.98 Å². The number of nitrogens with zero attached hydrogens (tertiary/aromatic N) is 1. The maximum Gasteiger partial charge on any atom is 0.161 e. The Bertz CT molecular complexity index is 549. The predicted octanol–water partition coefficient (Wildman–Crippen LogP) is 3.12. The van der Waals surface area contributed by atoms with Crippen LogP contribution >= 0.6 is 0 Å². The highest BCUT2D eigenvalue weighted by Crippen LogP contribution is 2.33. The minimum absolute atomic E-state index is 0.745. The lowest BCUT2D eigenvalue weighted by Crippen LogP contribution is -1.95. The number of rotatable bonds is 3. The van der Waals surface area contributed by atoms with Crippen LogP contribution < -0.4 is 9.47 Å². The van der Waals surface area contributed by atoms with Gasteiger partial charge in [-0.3, -0.25) is 4.98 Å². The molecule has 1 aromatic carbocycles. The molecule has 2 aromatic rings. The van der Waals surface area contributed by atoms with Crippen molar-refractivity contribution in [3.63, 3.8) is 0 Å². The SMILES string of the molecule is CCc1cc2cc(OC)c(OC)cc2c(C)n1. The van der Waals surface area contributed by atoms with Gasteiger partial charge in [0.15, 0.2) is 11.5 Å². The topological polar surface area (TPSA) is 31.4 Å². The number of hydrogen-bond donors (Lipinski definition) is 0. The first-order valence-corrected chi connectivity index (χ1v) is 5.71. The second-order valence-electron chi connectivity index (χ2n) is 3.98. The maximum absolute atomic E-state index is 5.31. The highest BCUT2D eigenvalue weighted by atomic mass is 16.5. The summed E-state index contributed by atoms with van der Waals surface area (Å²) in [7, 11) is 3.30. The molecule has 0 N–H and O–H groups in total. The molecule has 0 radical (unpaired) electrons. The normalized spacial score (nSPS) is 10.6. The molecule has 0 saturated heterocycles. The zero-order valence-electron chi connectivity index (χ0n) is 10.7. The monoisotopic (exact) mass is 231 g/mol. The minimum atomic E-state index is 0.745. The Morgan fingerprint density at radius 3 is 2.29 bits per heavy atom. The zero-order chi connectivity index (χ0) is 12.4. The Morgan fingerprint density at radius 1 is 1.06 bits per heavy atom. The van der Waals surface area contributed by atoms with Crippen molar-refractivity contribution in [2.75, 3.05) is 14.2 Å². The fourth-order valence-corrected chi connectivity index (χ4v) is 2.00. The van der Waals surface area contributed by atoms with Gasteiger partial charge in [-0.2, -0.15) is 0 Å². The molecule has 1 heterocycles. The molecule has 0 amide bonds. The number of hydrogen-bond acceptors (Lipinski definition) is 3. The second kappa shape index (κ2) is 4.62. The summed E-state index contributed by atoms with van der Waals surface area (Å²) in [6, 6.07) is 6.09. The summed E-state index contributed by atoms with van der Waals surface area (Å²) in [4.78, 5) is 4.55. The van der Waals surface area contributed by atoms with Crippen molar-refractivity contribution in [2.45, 2.75) is 20.3 Å². The fourth-order valence-electron chi connectivity index (χ4n) is 2.00. The van der Waals surface area contributed by atoms with Crippen LogP contribution in [0.4, 0.5) is 0 Å². The Hall–Kier alpha value is -1.77. The van der Waals surface area contributed by atoms with Gasteiger partial charge in [-0.05, 0) is 36.9 Å². The van der Waals surface area contributed by atoms with E-state index in [0.29, 0.717) is 0 Å². The molecule has 2 rings (SSSR count). The number of methoxy groups -OCH3 is 2. The molecule has 0 aliphatic carbocycles. The first-order valence-electron chi connectivity index (χ1n) is 5.71. The average Bonchev–Trinajstić information content (AvgIpc) is 2.36. The van der Waals surface area contributed by atoms with Crippen LogP contribution in [0.25, 0.3) is 10.8 Å². The van der Waals surface area contributed by atoms with Crippen molar-refractivity contribution in [2.24, 2.45) is 0 Å². The van der Waals surface area contributed by atoms with Crippen molar-refractivity contribution in [3.05, 3.63) is 29.6 Å². The summed E-state index contributed by atoms with van der Waals surface area (Å²) < 4.78 is 10.6. The van der Waals surface area contributed by atoms with E-state index >= 15 is 0 Å². The Kier molecular flexibility index (Phi) is 3.18. The molecular weight excluding hydrogens is 214 g/mol.